The van der Waals surface area contributed by atoms with Crippen molar-refractivity contribution in [1.82, 2.24) is 10.2 Å². The summed E-state index contributed by atoms with van der Waals surface area (Å²) < 4.78 is 1.14. The highest BCUT2D eigenvalue weighted by molar-refractivity contribution is 9.10. The molecule has 4 heteroatoms. The molecule has 3 nitrogen and oxygen atoms in total. The van der Waals surface area contributed by atoms with E-state index in [-0.39, 0.29) is 0 Å². The second-order valence-corrected chi connectivity index (χ2v) is 6.42. The van der Waals surface area contributed by atoms with Gasteiger partial charge in [-0.15, -0.1) is 0 Å². The Morgan fingerprint density at radius 3 is 2.45 bits per heavy atom. The van der Waals surface area contributed by atoms with Gasteiger partial charge >= 0.3 is 0 Å². The van der Waals surface area contributed by atoms with Crippen LogP contribution >= 0.6 is 15.9 Å². The molecule has 0 bridgehead atoms. The molecular formula is C16H28BrN3. The monoisotopic (exact) mass is 341 g/mol. The fourth-order valence-corrected chi connectivity index (χ4v) is 2.60. The van der Waals surface area contributed by atoms with E-state index in [0.29, 0.717) is 6.04 Å². The van der Waals surface area contributed by atoms with Crippen molar-refractivity contribution in [3.05, 3.63) is 28.2 Å². The van der Waals surface area contributed by atoms with Crippen molar-refractivity contribution in [2.75, 3.05) is 45.7 Å². The van der Waals surface area contributed by atoms with Crippen LogP contribution in [0.3, 0.4) is 0 Å². The average Bonchev–Trinajstić information content (AvgIpc) is 2.42. The van der Waals surface area contributed by atoms with Crippen molar-refractivity contribution in [3.8, 4) is 0 Å². The minimum Gasteiger partial charge on any atom is -0.370 e. The SMILES string of the molecule is CCCN(CCN(C)C)c1cc(Br)ccc1C(C)NC. The zero-order valence-electron chi connectivity index (χ0n) is 13.4. The van der Waals surface area contributed by atoms with Crippen LogP contribution in [0.25, 0.3) is 0 Å². The van der Waals surface area contributed by atoms with Crippen molar-refractivity contribution in [1.29, 1.82) is 0 Å². The van der Waals surface area contributed by atoms with Gasteiger partial charge < -0.3 is 15.1 Å². The van der Waals surface area contributed by atoms with Gasteiger partial charge in [0.25, 0.3) is 0 Å². The molecule has 0 amide bonds. The Balaban J connectivity index is 3.06. The lowest BCUT2D eigenvalue weighted by Crippen LogP contribution is -2.33. The first kappa shape index (κ1) is 17.5. The highest BCUT2D eigenvalue weighted by atomic mass is 79.9. The molecule has 0 spiro atoms. The van der Waals surface area contributed by atoms with Gasteiger partial charge in [-0.2, -0.15) is 0 Å². The second kappa shape index (κ2) is 8.65. The van der Waals surface area contributed by atoms with Gasteiger partial charge in [0.05, 0.1) is 0 Å². The molecule has 0 saturated carbocycles. The Morgan fingerprint density at radius 1 is 1.20 bits per heavy atom. The third-order valence-corrected chi connectivity index (χ3v) is 4.04. The van der Waals surface area contributed by atoms with Gasteiger partial charge in [0.2, 0.25) is 0 Å². The summed E-state index contributed by atoms with van der Waals surface area (Å²) in [5.74, 6) is 0. The number of hydrogen-bond acceptors (Lipinski definition) is 3. The van der Waals surface area contributed by atoms with Crippen LogP contribution in [-0.2, 0) is 0 Å². The van der Waals surface area contributed by atoms with Crippen LogP contribution in [0, 0.1) is 0 Å². The molecular weight excluding hydrogens is 314 g/mol. The summed E-state index contributed by atoms with van der Waals surface area (Å²) >= 11 is 3.61. The summed E-state index contributed by atoms with van der Waals surface area (Å²) in [6.45, 7) is 7.67. The first-order valence-corrected chi connectivity index (χ1v) is 8.15. The van der Waals surface area contributed by atoms with Gasteiger partial charge in [0.1, 0.15) is 0 Å². The van der Waals surface area contributed by atoms with Crippen LogP contribution in [0.5, 0.6) is 0 Å². The number of anilines is 1. The smallest absolute Gasteiger partial charge is 0.0426 e. The number of benzene rings is 1. The minimum atomic E-state index is 0.358. The maximum absolute atomic E-state index is 3.61. The summed E-state index contributed by atoms with van der Waals surface area (Å²) in [5, 5.41) is 3.35. The Kier molecular flexibility index (Phi) is 7.56. The second-order valence-electron chi connectivity index (χ2n) is 5.50. The van der Waals surface area contributed by atoms with E-state index < -0.39 is 0 Å². The zero-order valence-corrected chi connectivity index (χ0v) is 15.0. The van der Waals surface area contributed by atoms with E-state index >= 15 is 0 Å². The molecule has 0 saturated heterocycles. The molecule has 0 radical (unpaired) electrons. The summed E-state index contributed by atoms with van der Waals surface area (Å²) in [4.78, 5) is 4.73. The molecule has 0 aliphatic rings. The molecule has 0 aliphatic heterocycles. The van der Waals surface area contributed by atoms with Gasteiger partial charge in [0.15, 0.2) is 0 Å². The summed E-state index contributed by atoms with van der Waals surface area (Å²) in [7, 11) is 6.27. The quantitative estimate of drug-likeness (QED) is 0.780. The molecule has 1 aromatic carbocycles. The summed E-state index contributed by atoms with van der Waals surface area (Å²) in [6, 6.07) is 6.95. The predicted octanol–water partition coefficient (Wildman–Crippen LogP) is 3.51. The lowest BCUT2D eigenvalue weighted by Gasteiger charge is -2.30. The molecule has 1 N–H and O–H groups in total. The first-order valence-electron chi connectivity index (χ1n) is 7.36. The Labute approximate surface area is 132 Å². The third kappa shape index (κ3) is 5.08. The van der Waals surface area contributed by atoms with Crippen molar-refractivity contribution in [2.45, 2.75) is 26.3 Å². The topological polar surface area (TPSA) is 18.5 Å². The molecule has 114 valence electrons. The molecule has 0 aromatic heterocycles. The Hall–Kier alpha value is -0.580. The third-order valence-electron chi connectivity index (χ3n) is 3.54. The molecule has 20 heavy (non-hydrogen) atoms. The number of likely N-dealkylation sites (N-methyl/N-ethyl adjacent to an activating group) is 1. The van der Waals surface area contributed by atoms with Gasteiger partial charge in [-0.1, -0.05) is 28.9 Å². The van der Waals surface area contributed by atoms with Crippen molar-refractivity contribution >= 4 is 21.6 Å². The van der Waals surface area contributed by atoms with Gasteiger partial charge in [-0.25, -0.2) is 0 Å². The molecule has 0 aliphatic carbocycles. The van der Waals surface area contributed by atoms with E-state index in [1.54, 1.807) is 0 Å². The lowest BCUT2D eigenvalue weighted by atomic mass is 10.0. The van der Waals surface area contributed by atoms with Crippen LogP contribution in [0.4, 0.5) is 5.69 Å². The van der Waals surface area contributed by atoms with E-state index in [1.165, 1.54) is 11.3 Å². The molecule has 0 fully saturated rings. The number of halogens is 1. The van der Waals surface area contributed by atoms with Gasteiger partial charge in [0, 0.05) is 35.8 Å². The summed E-state index contributed by atoms with van der Waals surface area (Å²) in [6.07, 6.45) is 1.16. The highest BCUT2D eigenvalue weighted by Gasteiger charge is 2.15. The normalized spacial score (nSPS) is 12.8. The standard InChI is InChI=1S/C16H28BrN3/c1-6-9-20(11-10-19(4)5)16-12-14(17)7-8-15(16)13(2)18-3/h7-8,12-13,18H,6,9-11H2,1-5H3. The number of nitrogens with zero attached hydrogens (tertiary/aromatic N) is 2. The maximum Gasteiger partial charge on any atom is 0.0426 e. The van der Waals surface area contributed by atoms with Crippen molar-refractivity contribution < 1.29 is 0 Å². The predicted molar refractivity (Wildman–Crippen MR) is 92.7 cm³/mol. The van der Waals surface area contributed by atoms with Crippen molar-refractivity contribution in [3.63, 3.8) is 0 Å². The van der Waals surface area contributed by atoms with Crippen LogP contribution in [-0.4, -0.2) is 45.7 Å². The Morgan fingerprint density at radius 2 is 1.90 bits per heavy atom. The number of hydrogen-bond donors (Lipinski definition) is 1. The Bertz CT molecular complexity index is 407. The van der Waals surface area contributed by atoms with Gasteiger partial charge in [-0.05, 0) is 52.2 Å². The van der Waals surface area contributed by atoms with Crippen LogP contribution in [0.15, 0.2) is 22.7 Å². The molecule has 0 heterocycles. The number of rotatable bonds is 8. The van der Waals surface area contributed by atoms with E-state index in [4.69, 9.17) is 0 Å². The van der Waals surface area contributed by atoms with E-state index in [0.717, 1.165) is 30.5 Å². The van der Waals surface area contributed by atoms with Crippen molar-refractivity contribution in [2.24, 2.45) is 0 Å². The van der Waals surface area contributed by atoms with E-state index in [2.05, 4.69) is 77.2 Å². The molecule has 1 unspecified atom stereocenters. The zero-order chi connectivity index (χ0) is 15.1. The fraction of sp³-hybridized carbons (Fsp3) is 0.625. The van der Waals surface area contributed by atoms with Crippen LogP contribution < -0.4 is 10.2 Å². The largest absolute Gasteiger partial charge is 0.370 e. The van der Waals surface area contributed by atoms with Gasteiger partial charge in [-0.3, -0.25) is 0 Å². The van der Waals surface area contributed by atoms with Crippen LogP contribution in [0.2, 0.25) is 0 Å². The van der Waals surface area contributed by atoms with E-state index in [1.807, 2.05) is 7.05 Å². The molecule has 1 atom stereocenters. The molecule has 1 rings (SSSR count). The molecule has 1 aromatic rings. The summed E-state index contributed by atoms with van der Waals surface area (Å²) in [5.41, 5.74) is 2.70. The minimum absolute atomic E-state index is 0.358. The van der Waals surface area contributed by atoms with Crippen LogP contribution in [0.1, 0.15) is 31.9 Å². The first-order chi connectivity index (χ1) is 9.49. The van der Waals surface area contributed by atoms with E-state index in [9.17, 15) is 0 Å². The number of nitrogens with one attached hydrogen (secondary N) is 1. The maximum atomic E-state index is 3.61. The highest BCUT2D eigenvalue weighted by Crippen LogP contribution is 2.29. The average molecular weight is 342 g/mol. The fourth-order valence-electron chi connectivity index (χ4n) is 2.26. The lowest BCUT2D eigenvalue weighted by molar-refractivity contribution is 0.412.